The fourth-order valence-corrected chi connectivity index (χ4v) is 3.75. The zero-order valence-electron chi connectivity index (χ0n) is 20.1. The van der Waals surface area contributed by atoms with E-state index in [0.29, 0.717) is 34.7 Å². The van der Waals surface area contributed by atoms with E-state index in [-0.39, 0.29) is 5.75 Å². The van der Waals surface area contributed by atoms with Crippen LogP contribution in [0.3, 0.4) is 0 Å². The van der Waals surface area contributed by atoms with E-state index in [0.717, 1.165) is 6.20 Å². The molecule has 1 atom stereocenters. The van der Waals surface area contributed by atoms with E-state index in [9.17, 15) is 18.4 Å². The van der Waals surface area contributed by atoms with E-state index in [4.69, 9.17) is 21.1 Å². The Morgan fingerprint density at radius 2 is 1.89 bits per heavy atom. The number of rotatable bonds is 8. The van der Waals surface area contributed by atoms with Gasteiger partial charge in [-0.1, -0.05) is 30.2 Å². The van der Waals surface area contributed by atoms with Crippen LogP contribution in [0.4, 0.5) is 8.78 Å². The molecule has 0 radical (unpaired) electrons. The highest BCUT2D eigenvalue weighted by Gasteiger charge is 2.28. The lowest BCUT2D eigenvalue weighted by molar-refractivity contribution is -0.159. The number of esters is 1. The van der Waals surface area contributed by atoms with Gasteiger partial charge in [0.1, 0.15) is 23.1 Å². The molecule has 0 fully saturated rings. The van der Waals surface area contributed by atoms with Crippen molar-refractivity contribution in [2.24, 2.45) is 0 Å². The van der Waals surface area contributed by atoms with Crippen LogP contribution in [0, 0.1) is 0 Å². The summed E-state index contributed by atoms with van der Waals surface area (Å²) >= 11 is 6.22. The normalized spacial score (nSPS) is 12.6. The summed E-state index contributed by atoms with van der Waals surface area (Å²) in [6, 6.07) is 5.17. The molecule has 8 nitrogen and oxygen atoms in total. The Morgan fingerprint density at radius 3 is 2.46 bits per heavy atom. The Bertz CT molecular complexity index is 1270. The standard InChI is InChI=1S/C24H27ClF2N4O4/c1-6-7-19(23(33)35-24(2,3)4)30-13-20(34-5)16(11-21(30)32)15-10-14(25)8-9-18(15)31-12-17(22(26)27)28-29-31/h8-13,19,22H,6-7H2,1-5H3. The Labute approximate surface area is 206 Å². The third kappa shape index (κ3) is 6.05. The van der Waals surface area contributed by atoms with Crippen molar-refractivity contribution in [1.29, 1.82) is 0 Å². The maximum atomic E-state index is 13.2. The number of hydrogen-bond acceptors (Lipinski definition) is 6. The second-order valence-electron chi connectivity index (χ2n) is 8.89. The summed E-state index contributed by atoms with van der Waals surface area (Å²) in [4.78, 5) is 26.1. The third-order valence-corrected chi connectivity index (χ3v) is 5.31. The van der Waals surface area contributed by atoms with Gasteiger partial charge in [-0.3, -0.25) is 9.36 Å². The van der Waals surface area contributed by atoms with Crippen LogP contribution in [-0.2, 0) is 9.53 Å². The van der Waals surface area contributed by atoms with Gasteiger partial charge in [-0.2, -0.15) is 0 Å². The minimum Gasteiger partial charge on any atom is -0.495 e. The largest absolute Gasteiger partial charge is 0.495 e. The van der Waals surface area contributed by atoms with Crippen molar-refractivity contribution < 1.29 is 23.0 Å². The summed E-state index contributed by atoms with van der Waals surface area (Å²) in [7, 11) is 1.42. The number of hydrogen-bond donors (Lipinski definition) is 0. The summed E-state index contributed by atoms with van der Waals surface area (Å²) in [5.41, 5.74) is -0.563. The van der Waals surface area contributed by atoms with Crippen molar-refractivity contribution in [2.45, 2.75) is 58.6 Å². The number of methoxy groups -OCH3 is 1. The van der Waals surface area contributed by atoms with Crippen LogP contribution < -0.4 is 10.3 Å². The molecule has 1 aromatic carbocycles. The average Bonchev–Trinajstić information content (AvgIpc) is 3.27. The van der Waals surface area contributed by atoms with Crippen molar-refractivity contribution in [1.82, 2.24) is 19.6 Å². The van der Waals surface area contributed by atoms with Crippen molar-refractivity contribution in [3.63, 3.8) is 0 Å². The van der Waals surface area contributed by atoms with Gasteiger partial charge >= 0.3 is 5.97 Å². The van der Waals surface area contributed by atoms with Gasteiger partial charge in [-0.05, 0) is 45.4 Å². The molecule has 3 rings (SSSR count). The van der Waals surface area contributed by atoms with Gasteiger partial charge in [0.15, 0.2) is 0 Å². The van der Waals surface area contributed by atoms with Gasteiger partial charge in [0.2, 0.25) is 0 Å². The maximum absolute atomic E-state index is 13.2. The van der Waals surface area contributed by atoms with Gasteiger partial charge in [0.25, 0.3) is 12.0 Å². The Hall–Kier alpha value is -3.27. The van der Waals surface area contributed by atoms with Crippen LogP contribution in [0.25, 0.3) is 16.8 Å². The minimum atomic E-state index is -2.79. The molecule has 188 valence electrons. The molecule has 0 aliphatic rings. The molecule has 0 saturated carbocycles. The van der Waals surface area contributed by atoms with E-state index in [1.807, 2.05) is 6.92 Å². The SMILES string of the molecule is CCCC(C(=O)OC(C)(C)C)n1cc(OC)c(-c2cc(Cl)ccc2-n2cc(C(F)F)nn2)cc1=O. The predicted molar refractivity (Wildman–Crippen MR) is 127 cm³/mol. The number of halogens is 3. The number of carbonyl (C=O) groups excluding carboxylic acids is 1. The first-order valence-electron chi connectivity index (χ1n) is 11.0. The molecule has 35 heavy (non-hydrogen) atoms. The fraction of sp³-hybridized carbons (Fsp3) is 0.417. The number of pyridine rings is 1. The van der Waals surface area contributed by atoms with Gasteiger partial charge in [-0.15, -0.1) is 5.10 Å². The van der Waals surface area contributed by atoms with E-state index in [1.54, 1.807) is 39.0 Å². The second kappa shape index (κ2) is 10.6. The summed E-state index contributed by atoms with van der Waals surface area (Å²) in [6.07, 6.45) is 0.775. The zero-order valence-corrected chi connectivity index (χ0v) is 20.8. The number of alkyl halides is 2. The molecular formula is C24H27ClF2N4O4. The topological polar surface area (TPSA) is 88.2 Å². The Morgan fingerprint density at radius 1 is 1.17 bits per heavy atom. The minimum absolute atomic E-state index is 0.270. The molecule has 1 unspecified atom stereocenters. The van der Waals surface area contributed by atoms with Crippen LogP contribution in [0.15, 0.2) is 41.5 Å². The number of carbonyl (C=O) groups is 1. The monoisotopic (exact) mass is 508 g/mol. The highest BCUT2D eigenvalue weighted by atomic mass is 35.5. The fourth-order valence-electron chi connectivity index (χ4n) is 3.58. The number of ether oxygens (including phenoxy) is 2. The van der Waals surface area contributed by atoms with Gasteiger partial charge in [-0.25, -0.2) is 18.3 Å². The highest BCUT2D eigenvalue weighted by molar-refractivity contribution is 6.31. The van der Waals surface area contributed by atoms with Crippen molar-refractivity contribution in [3.05, 3.63) is 57.7 Å². The molecule has 0 saturated heterocycles. The lowest BCUT2D eigenvalue weighted by Gasteiger charge is -2.25. The molecule has 3 aromatic rings. The van der Waals surface area contributed by atoms with Crippen LogP contribution >= 0.6 is 11.6 Å². The van der Waals surface area contributed by atoms with Crippen molar-refractivity contribution in [3.8, 4) is 22.6 Å². The molecule has 2 aromatic heterocycles. The van der Waals surface area contributed by atoms with Crippen molar-refractivity contribution in [2.75, 3.05) is 7.11 Å². The molecule has 2 heterocycles. The van der Waals surface area contributed by atoms with E-state index in [2.05, 4.69) is 10.3 Å². The van der Waals surface area contributed by atoms with E-state index in [1.165, 1.54) is 28.6 Å². The molecule has 0 spiro atoms. The first-order chi connectivity index (χ1) is 16.4. The second-order valence-corrected chi connectivity index (χ2v) is 9.33. The highest BCUT2D eigenvalue weighted by Crippen LogP contribution is 2.36. The van der Waals surface area contributed by atoms with Gasteiger partial charge in [0, 0.05) is 22.2 Å². The zero-order chi connectivity index (χ0) is 25.9. The lowest BCUT2D eigenvalue weighted by atomic mass is 10.0. The third-order valence-electron chi connectivity index (χ3n) is 5.07. The molecule has 0 amide bonds. The molecule has 0 aliphatic heterocycles. The number of aromatic nitrogens is 4. The smallest absolute Gasteiger partial charge is 0.329 e. The molecule has 0 bridgehead atoms. The first kappa shape index (κ1) is 26.3. The molecule has 0 aliphatic carbocycles. The number of benzene rings is 1. The average molecular weight is 509 g/mol. The van der Waals surface area contributed by atoms with Crippen LogP contribution in [-0.4, -0.2) is 38.2 Å². The summed E-state index contributed by atoms with van der Waals surface area (Å²) in [6.45, 7) is 7.16. The van der Waals surface area contributed by atoms with Crippen LogP contribution in [0.5, 0.6) is 5.75 Å². The lowest BCUT2D eigenvalue weighted by Crippen LogP contribution is -2.34. The quantitative estimate of drug-likeness (QED) is 0.380. The first-order valence-corrected chi connectivity index (χ1v) is 11.4. The summed E-state index contributed by atoms with van der Waals surface area (Å²) < 4.78 is 39.7. The molecule has 0 N–H and O–H groups in total. The van der Waals surface area contributed by atoms with Crippen LogP contribution in [0.1, 0.15) is 58.7 Å². The predicted octanol–water partition coefficient (Wildman–Crippen LogP) is 5.38. The van der Waals surface area contributed by atoms with Crippen molar-refractivity contribution >= 4 is 17.6 Å². The Balaban J connectivity index is 2.16. The summed E-state index contributed by atoms with van der Waals surface area (Å²) in [5, 5.41) is 7.63. The summed E-state index contributed by atoms with van der Waals surface area (Å²) in [5.74, 6) is -0.256. The van der Waals surface area contributed by atoms with E-state index < -0.39 is 35.3 Å². The maximum Gasteiger partial charge on any atom is 0.329 e. The van der Waals surface area contributed by atoms with Gasteiger partial charge < -0.3 is 9.47 Å². The van der Waals surface area contributed by atoms with Crippen LogP contribution in [0.2, 0.25) is 5.02 Å². The van der Waals surface area contributed by atoms with E-state index >= 15 is 0 Å². The number of nitrogens with zero attached hydrogens (tertiary/aromatic N) is 4. The molecular weight excluding hydrogens is 482 g/mol. The van der Waals surface area contributed by atoms with Gasteiger partial charge in [0.05, 0.1) is 25.2 Å². The molecule has 11 heteroatoms. The Kier molecular flexibility index (Phi) is 7.94.